The molecule has 9 rings (SSSR count). The molecule has 0 aliphatic rings. The number of halogens is 6. The minimum Gasteiger partial charge on any atom is -0.256 e. The van der Waals surface area contributed by atoms with Crippen molar-refractivity contribution in [3.8, 4) is 67.2 Å². The molecule has 10 heteroatoms. The van der Waals surface area contributed by atoms with Crippen LogP contribution >= 0.6 is 0 Å². The predicted octanol–water partition coefficient (Wildman–Crippen LogP) is 14.1. The maximum atomic E-state index is 13.8. The van der Waals surface area contributed by atoms with Crippen molar-refractivity contribution in [2.45, 2.75) is 0 Å². The molecule has 9 aromatic rings. The Morgan fingerprint density at radius 2 is 0.541 bits per heavy atom. The predicted molar refractivity (Wildman–Crippen MR) is 225 cm³/mol. The van der Waals surface area contributed by atoms with Gasteiger partial charge >= 0.3 is 20.1 Å². The topological polar surface area (TPSA) is 38.7 Å². The van der Waals surface area contributed by atoms with Gasteiger partial charge in [0.25, 0.3) is 0 Å². The fourth-order valence-electron chi connectivity index (χ4n) is 6.29. The van der Waals surface area contributed by atoms with Gasteiger partial charge in [-0.1, -0.05) is 72.8 Å². The van der Waals surface area contributed by atoms with Gasteiger partial charge in [-0.3, -0.25) is 15.0 Å². The van der Waals surface area contributed by atoms with Gasteiger partial charge in [-0.05, 0) is 126 Å². The second kappa shape index (κ2) is 20.8. The molecule has 0 unspecified atom stereocenters. The molecule has 3 heterocycles. The zero-order chi connectivity index (χ0) is 41.8. The molecule has 0 fully saturated rings. The molecule has 0 N–H and O–H groups in total. The molecule has 0 bridgehead atoms. The van der Waals surface area contributed by atoms with E-state index in [9.17, 15) is 26.3 Å². The Kier molecular flexibility index (Phi) is 14.9. The van der Waals surface area contributed by atoms with Crippen LogP contribution in [-0.4, -0.2) is 15.0 Å². The van der Waals surface area contributed by atoms with Gasteiger partial charge in [0, 0.05) is 52.0 Å². The van der Waals surface area contributed by atoms with Crippen molar-refractivity contribution in [1.29, 1.82) is 0 Å². The fourth-order valence-corrected chi connectivity index (χ4v) is 6.29. The van der Waals surface area contributed by atoms with E-state index >= 15 is 0 Å². The van der Waals surface area contributed by atoms with Gasteiger partial charge in [0.2, 0.25) is 0 Å². The molecule has 0 radical (unpaired) electrons. The van der Waals surface area contributed by atoms with Crippen LogP contribution in [0, 0.1) is 34.9 Å². The van der Waals surface area contributed by atoms with Crippen molar-refractivity contribution in [1.82, 2.24) is 15.0 Å². The summed E-state index contributed by atoms with van der Waals surface area (Å²) in [6.45, 7) is 0. The Bertz CT molecular complexity index is 2530. The summed E-state index contributed by atoms with van der Waals surface area (Å²) in [4.78, 5) is 12.8. The van der Waals surface area contributed by atoms with Crippen LogP contribution in [-0.2, 0) is 20.1 Å². The molecule has 3 nitrogen and oxygen atoms in total. The number of hydrogen-bond donors (Lipinski definition) is 0. The molecule has 0 aliphatic heterocycles. The molecule has 0 saturated carbocycles. The van der Waals surface area contributed by atoms with Gasteiger partial charge in [0.05, 0.1) is 17.1 Å². The van der Waals surface area contributed by atoms with E-state index in [0.717, 1.165) is 70.2 Å². The van der Waals surface area contributed by atoms with Crippen LogP contribution in [0.25, 0.3) is 67.2 Å². The third-order valence-electron chi connectivity index (χ3n) is 9.19. The Hall–Kier alpha value is -7.00. The number of benzene rings is 6. The van der Waals surface area contributed by atoms with Gasteiger partial charge < -0.3 is 0 Å². The second-order valence-electron chi connectivity index (χ2n) is 13.3. The Morgan fingerprint density at radius 1 is 0.262 bits per heavy atom. The van der Waals surface area contributed by atoms with Crippen LogP contribution in [0.2, 0.25) is 0 Å². The average molecular weight is 994 g/mol. The average Bonchev–Trinajstić information content (AvgIpc) is 3.30. The van der Waals surface area contributed by atoms with Gasteiger partial charge in [-0.25, -0.2) is 26.3 Å². The third kappa shape index (κ3) is 11.4. The van der Waals surface area contributed by atoms with Crippen LogP contribution in [0.5, 0.6) is 0 Å². The largest absolute Gasteiger partial charge is 3.00 e. The maximum Gasteiger partial charge on any atom is 3.00 e. The summed E-state index contributed by atoms with van der Waals surface area (Å²) >= 11 is 0. The first-order valence-corrected chi connectivity index (χ1v) is 18.6. The van der Waals surface area contributed by atoms with Crippen LogP contribution in [0.15, 0.2) is 201 Å². The van der Waals surface area contributed by atoms with E-state index < -0.39 is 34.9 Å². The summed E-state index contributed by atoms with van der Waals surface area (Å²) < 4.78 is 81.3. The monoisotopic (exact) mass is 994 g/mol. The molecule has 0 spiro atoms. The van der Waals surface area contributed by atoms with Crippen molar-refractivity contribution in [3.63, 3.8) is 0 Å². The van der Waals surface area contributed by atoms with Gasteiger partial charge in [0.1, 0.15) is 34.9 Å². The summed E-state index contributed by atoms with van der Waals surface area (Å²) in [5, 5.41) is 0. The number of nitrogens with zero attached hydrogens (tertiary/aromatic N) is 3. The van der Waals surface area contributed by atoms with Gasteiger partial charge in [0.15, 0.2) is 0 Å². The van der Waals surface area contributed by atoms with Crippen molar-refractivity contribution in [2.75, 3.05) is 0 Å². The molecule has 6 aromatic carbocycles. The number of pyridine rings is 3. The molecule has 300 valence electrons. The van der Waals surface area contributed by atoms with E-state index in [1.54, 1.807) is 55.0 Å². The molecule has 0 amide bonds. The molecule has 0 aliphatic carbocycles. The summed E-state index contributed by atoms with van der Waals surface area (Å²) in [5.74, 6) is -2.68. The standard InChI is InChI=1S/3C17H11F2N.Ir/c3*18-14-7-8-16(19)15(11-14)12-4-3-5-13(10-12)17-6-1-2-9-20-17;/h3*1-11H;/q;;;+3. The molecular weight excluding hydrogens is 961 g/mol. The van der Waals surface area contributed by atoms with E-state index in [2.05, 4.69) is 15.0 Å². The van der Waals surface area contributed by atoms with Crippen molar-refractivity contribution >= 4 is 0 Å². The summed E-state index contributed by atoms with van der Waals surface area (Å²) in [6.07, 6.45) is 5.10. The number of rotatable bonds is 6. The maximum absolute atomic E-state index is 13.8. The minimum atomic E-state index is -0.454. The smallest absolute Gasteiger partial charge is 0.256 e. The Balaban J connectivity index is 0.000000152. The van der Waals surface area contributed by atoms with E-state index in [0.29, 0.717) is 16.7 Å². The van der Waals surface area contributed by atoms with Crippen molar-refractivity contribution < 1.29 is 46.4 Å². The molecule has 3 aromatic heterocycles. The molecular formula is C51H33F6IrN3+3. The summed E-state index contributed by atoms with van der Waals surface area (Å²) in [7, 11) is 0. The molecule has 0 saturated heterocycles. The van der Waals surface area contributed by atoms with Crippen LogP contribution in [0.4, 0.5) is 26.3 Å². The zero-order valence-corrected chi connectivity index (χ0v) is 34.4. The van der Waals surface area contributed by atoms with Crippen LogP contribution in [0.3, 0.4) is 0 Å². The first-order valence-electron chi connectivity index (χ1n) is 18.6. The van der Waals surface area contributed by atoms with Crippen LogP contribution < -0.4 is 0 Å². The van der Waals surface area contributed by atoms with E-state index in [-0.39, 0.29) is 36.8 Å². The van der Waals surface area contributed by atoms with Gasteiger partial charge in [-0.15, -0.1) is 0 Å². The number of aromatic nitrogens is 3. The first kappa shape index (κ1) is 43.6. The first-order chi connectivity index (χ1) is 29.2. The minimum absolute atomic E-state index is 0. The van der Waals surface area contributed by atoms with E-state index in [1.807, 2.05) is 91.0 Å². The molecule has 0 atom stereocenters. The molecule has 61 heavy (non-hydrogen) atoms. The third-order valence-corrected chi connectivity index (χ3v) is 9.19. The zero-order valence-electron chi connectivity index (χ0n) is 32.0. The SMILES string of the molecule is Fc1ccc(F)c(-c2cccc(-c3ccccn3)c2)c1.Fc1ccc(F)c(-c2cccc(-c3ccccn3)c2)c1.Fc1ccc(F)c(-c2cccc(-c3ccccn3)c2)c1.[Ir+3]. The summed E-state index contributed by atoms with van der Waals surface area (Å²) in [6, 6.07) is 48.9. The van der Waals surface area contributed by atoms with Crippen molar-refractivity contribution in [2.24, 2.45) is 0 Å². The van der Waals surface area contributed by atoms with Crippen LogP contribution in [0.1, 0.15) is 0 Å². The normalized spacial score (nSPS) is 10.3. The number of hydrogen-bond acceptors (Lipinski definition) is 3. The van der Waals surface area contributed by atoms with E-state index in [1.165, 1.54) is 18.2 Å². The van der Waals surface area contributed by atoms with Gasteiger partial charge in [-0.2, -0.15) is 0 Å². The Labute approximate surface area is 362 Å². The van der Waals surface area contributed by atoms with Crippen molar-refractivity contribution in [3.05, 3.63) is 235 Å². The van der Waals surface area contributed by atoms with E-state index in [4.69, 9.17) is 0 Å². The Morgan fingerprint density at radius 3 is 0.803 bits per heavy atom. The fraction of sp³-hybridized carbons (Fsp3) is 0. The second-order valence-corrected chi connectivity index (χ2v) is 13.3. The summed E-state index contributed by atoms with van der Waals surface area (Å²) in [5.41, 5.74) is 7.64. The quantitative estimate of drug-likeness (QED) is 0.156.